The Morgan fingerprint density at radius 1 is 0.667 bits per heavy atom. The molecule has 0 amide bonds. The van der Waals surface area contributed by atoms with Gasteiger partial charge in [-0.25, -0.2) is 0 Å². The van der Waals surface area contributed by atoms with Crippen molar-refractivity contribution >= 4 is 34.8 Å². The van der Waals surface area contributed by atoms with E-state index in [1.165, 1.54) is 15.9 Å². The van der Waals surface area contributed by atoms with Gasteiger partial charge in [0.05, 0.1) is 5.66 Å². The topological polar surface area (TPSA) is 0 Å². The third kappa shape index (κ3) is 3.14. The van der Waals surface area contributed by atoms with Crippen LogP contribution in [-0.2, 0) is 0 Å². The first kappa shape index (κ1) is 17.2. The van der Waals surface area contributed by atoms with Gasteiger partial charge in [0.15, 0.2) is 0 Å². The molecule has 24 heavy (non-hydrogen) atoms. The van der Waals surface area contributed by atoms with Crippen molar-refractivity contribution in [1.29, 1.82) is 0 Å². The van der Waals surface area contributed by atoms with Crippen LogP contribution < -0.4 is 15.9 Å². The molecule has 2 heteroatoms. The normalized spacial score (nSPS) is 12.8. The second-order valence-electron chi connectivity index (χ2n) is 6.06. The molecule has 0 heterocycles. The molecule has 0 N–H and O–H groups in total. The van der Waals surface area contributed by atoms with E-state index >= 15 is 0 Å². The zero-order valence-corrected chi connectivity index (χ0v) is 15.6. The van der Waals surface area contributed by atoms with Gasteiger partial charge in [-0.05, 0) is 49.7 Å². The second-order valence-corrected chi connectivity index (χ2v) is 10.3. The van der Waals surface area contributed by atoms with Crippen molar-refractivity contribution in [2.45, 2.75) is 19.0 Å². The van der Waals surface area contributed by atoms with Crippen LogP contribution in [0.15, 0.2) is 91.0 Å². The van der Waals surface area contributed by atoms with Gasteiger partial charge in [0, 0.05) is 5.88 Å². The second kappa shape index (κ2) is 7.97. The van der Waals surface area contributed by atoms with E-state index in [0.717, 1.165) is 6.42 Å². The van der Waals surface area contributed by atoms with Crippen molar-refractivity contribution in [2.75, 3.05) is 5.88 Å². The first-order chi connectivity index (χ1) is 11.8. The summed E-state index contributed by atoms with van der Waals surface area (Å²) in [7, 11) is -1.75. The zero-order chi connectivity index (χ0) is 16.8. The molecule has 1 unspecified atom stereocenters. The fourth-order valence-electron chi connectivity index (χ4n) is 3.55. The van der Waals surface area contributed by atoms with Gasteiger partial charge in [-0.3, -0.25) is 0 Å². The van der Waals surface area contributed by atoms with Crippen LogP contribution in [0.3, 0.4) is 0 Å². The van der Waals surface area contributed by atoms with Gasteiger partial charge >= 0.3 is 0 Å². The van der Waals surface area contributed by atoms with Crippen molar-refractivity contribution in [3.8, 4) is 0 Å². The lowest BCUT2D eigenvalue weighted by molar-refractivity contribution is 0.900. The van der Waals surface area contributed by atoms with Crippen molar-refractivity contribution in [2.24, 2.45) is 0 Å². The SMILES string of the molecule is CC(CCCl)[P+](c1ccccc1)(c1ccccc1)c1ccccc1. The van der Waals surface area contributed by atoms with Gasteiger partial charge in [-0.2, -0.15) is 0 Å². The van der Waals surface area contributed by atoms with E-state index in [1.807, 2.05) is 0 Å². The van der Waals surface area contributed by atoms with E-state index in [9.17, 15) is 0 Å². The summed E-state index contributed by atoms with van der Waals surface area (Å²) >= 11 is 6.18. The van der Waals surface area contributed by atoms with Gasteiger partial charge in [-0.15, -0.1) is 11.6 Å². The Hall–Kier alpha value is -1.62. The van der Waals surface area contributed by atoms with Gasteiger partial charge in [0.1, 0.15) is 23.2 Å². The van der Waals surface area contributed by atoms with E-state index in [1.54, 1.807) is 0 Å². The summed E-state index contributed by atoms with van der Waals surface area (Å²) in [6, 6.07) is 33.0. The minimum absolute atomic E-state index is 0.488. The van der Waals surface area contributed by atoms with E-state index in [-0.39, 0.29) is 0 Å². The Morgan fingerprint density at radius 2 is 1.00 bits per heavy atom. The molecule has 3 aromatic rings. The maximum absolute atomic E-state index is 6.18. The third-order valence-electron chi connectivity index (χ3n) is 4.68. The van der Waals surface area contributed by atoms with E-state index < -0.39 is 7.26 Å². The molecule has 0 saturated heterocycles. The molecule has 0 fully saturated rings. The van der Waals surface area contributed by atoms with Crippen LogP contribution in [0.1, 0.15) is 13.3 Å². The summed E-state index contributed by atoms with van der Waals surface area (Å²) in [4.78, 5) is 0. The highest BCUT2D eigenvalue weighted by Gasteiger charge is 2.49. The Labute approximate surface area is 150 Å². The van der Waals surface area contributed by atoms with Gasteiger partial charge in [-0.1, -0.05) is 54.6 Å². The van der Waals surface area contributed by atoms with Crippen LogP contribution in [-0.4, -0.2) is 11.5 Å². The Morgan fingerprint density at radius 3 is 1.29 bits per heavy atom. The third-order valence-corrected chi connectivity index (χ3v) is 9.82. The lowest BCUT2D eigenvalue weighted by Crippen LogP contribution is -2.37. The first-order valence-electron chi connectivity index (χ1n) is 8.41. The quantitative estimate of drug-likeness (QED) is 0.432. The molecule has 0 nitrogen and oxygen atoms in total. The molecule has 0 saturated carbocycles. The fraction of sp³-hybridized carbons (Fsp3) is 0.182. The molecular weight excluding hydrogens is 331 g/mol. The van der Waals surface area contributed by atoms with E-state index in [0.29, 0.717) is 11.5 Å². The number of rotatable bonds is 6. The van der Waals surface area contributed by atoms with Gasteiger partial charge < -0.3 is 0 Å². The number of halogens is 1. The van der Waals surface area contributed by atoms with E-state index in [4.69, 9.17) is 11.6 Å². The maximum Gasteiger partial charge on any atom is 0.114 e. The summed E-state index contributed by atoms with van der Waals surface area (Å²) in [5.41, 5.74) is 0.488. The Bertz CT molecular complexity index is 644. The summed E-state index contributed by atoms with van der Waals surface area (Å²) in [5, 5.41) is 4.29. The van der Waals surface area contributed by atoms with Crippen LogP contribution >= 0.6 is 18.9 Å². The number of benzene rings is 3. The molecule has 1 atom stereocenters. The van der Waals surface area contributed by atoms with E-state index in [2.05, 4.69) is 97.9 Å². The molecule has 0 spiro atoms. The number of alkyl halides is 1. The van der Waals surface area contributed by atoms with Gasteiger partial charge in [0.2, 0.25) is 0 Å². The van der Waals surface area contributed by atoms with Crippen molar-refractivity contribution in [3.05, 3.63) is 91.0 Å². The summed E-state index contributed by atoms with van der Waals surface area (Å²) in [6.45, 7) is 2.36. The molecule has 0 bridgehead atoms. The van der Waals surface area contributed by atoms with Crippen molar-refractivity contribution < 1.29 is 0 Å². The molecule has 0 aromatic heterocycles. The predicted molar refractivity (Wildman–Crippen MR) is 110 cm³/mol. The van der Waals surface area contributed by atoms with Crippen LogP contribution in [0.5, 0.6) is 0 Å². The lowest BCUT2D eigenvalue weighted by Gasteiger charge is -2.32. The average Bonchev–Trinajstić information content (AvgIpc) is 2.65. The van der Waals surface area contributed by atoms with Crippen LogP contribution in [0.2, 0.25) is 0 Å². The summed E-state index contributed by atoms with van der Waals surface area (Å²) in [5.74, 6) is 0.690. The van der Waals surface area contributed by atoms with Gasteiger partial charge in [0.25, 0.3) is 0 Å². The maximum atomic E-state index is 6.18. The number of hydrogen-bond donors (Lipinski definition) is 0. The molecule has 0 aliphatic rings. The number of hydrogen-bond acceptors (Lipinski definition) is 0. The van der Waals surface area contributed by atoms with Crippen LogP contribution in [0.25, 0.3) is 0 Å². The minimum atomic E-state index is -1.75. The molecule has 0 aliphatic heterocycles. The summed E-state index contributed by atoms with van der Waals surface area (Å²) < 4.78 is 0. The predicted octanol–water partition coefficient (Wildman–Crippen LogP) is 5.00. The monoisotopic (exact) mass is 353 g/mol. The molecule has 0 radical (unpaired) electrons. The fourth-order valence-corrected chi connectivity index (χ4v) is 8.90. The van der Waals surface area contributed by atoms with Crippen molar-refractivity contribution in [1.82, 2.24) is 0 Å². The highest BCUT2D eigenvalue weighted by molar-refractivity contribution is 7.96. The summed E-state index contributed by atoms with van der Waals surface area (Å²) in [6.07, 6.45) is 1.01. The average molecular weight is 354 g/mol. The van der Waals surface area contributed by atoms with Crippen LogP contribution in [0.4, 0.5) is 0 Å². The first-order valence-corrected chi connectivity index (χ1v) is 10.8. The lowest BCUT2D eigenvalue weighted by atomic mass is 10.3. The molecule has 122 valence electrons. The highest BCUT2D eigenvalue weighted by Crippen LogP contribution is 2.60. The highest BCUT2D eigenvalue weighted by atomic mass is 35.5. The van der Waals surface area contributed by atoms with Crippen molar-refractivity contribution in [3.63, 3.8) is 0 Å². The smallest absolute Gasteiger partial charge is 0.114 e. The molecular formula is C22H23ClP+. The molecule has 3 aromatic carbocycles. The van der Waals surface area contributed by atoms with Crippen LogP contribution in [0, 0.1) is 0 Å². The standard InChI is InChI=1S/C22H23ClP/c1-19(17-18-23)24(20-11-5-2-6-12-20,21-13-7-3-8-14-21)22-15-9-4-10-16-22/h2-16,19H,17-18H2,1H3/q+1. The Balaban J connectivity index is 2.33. The molecule has 0 aliphatic carbocycles. The zero-order valence-electron chi connectivity index (χ0n) is 14.0. The largest absolute Gasteiger partial charge is 0.127 e. The Kier molecular flexibility index (Phi) is 5.72. The minimum Gasteiger partial charge on any atom is -0.127 e. The molecule has 3 rings (SSSR count).